The van der Waals surface area contributed by atoms with Crippen molar-refractivity contribution in [3.8, 4) is 0 Å². The number of unbranched alkanes of at least 4 members (excludes halogenated alkanes) is 27. The van der Waals surface area contributed by atoms with Crippen molar-refractivity contribution in [2.24, 2.45) is 0 Å². The Kier molecular flexibility index (Phi) is 34.5. The van der Waals surface area contributed by atoms with Crippen molar-refractivity contribution in [2.75, 3.05) is 0 Å². The molecule has 0 radical (unpaired) electrons. The van der Waals surface area contributed by atoms with Crippen LogP contribution in [0.25, 0.3) is 0 Å². The van der Waals surface area contributed by atoms with Crippen LogP contribution in [0, 0.1) is 0 Å². The van der Waals surface area contributed by atoms with Crippen LogP contribution in [0.1, 0.15) is 232 Å². The lowest BCUT2D eigenvalue weighted by molar-refractivity contribution is -0.150. The van der Waals surface area contributed by atoms with Crippen molar-refractivity contribution in [3.63, 3.8) is 0 Å². The summed E-state index contributed by atoms with van der Waals surface area (Å²) in [5.74, 6) is -0.721. The fourth-order valence-corrected chi connectivity index (χ4v) is 6.19. The molecule has 1 N–H and O–H groups in total. The van der Waals surface area contributed by atoms with E-state index in [0.29, 0.717) is 6.42 Å². The number of aliphatic carboxylic acids is 1. The van der Waals surface area contributed by atoms with Gasteiger partial charge >= 0.3 is 11.9 Å². The number of hydrogen-bond donors (Lipinski definition) is 1. The summed E-state index contributed by atoms with van der Waals surface area (Å²) < 4.78 is 5.91. The Morgan fingerprint density at radius 2 is 0.698 bits per heavy atom. The molecule has 0 aliphatic rings. The minimum Gasteiger partial charge on any atom is -0.481 e. The van der Waals surface area contributed by atoms with Gasteiger partial charge in [0.15, 0.2) is 0 Å². The summed E-state index contributed by atoms with van der Waals surface area (Å²) in [6, 6.07) is 0. The topological polar surface area (TPSA) is 63.6 Å². The number of carboxylic acid groups (broad SMARTS) is 1. The molecule has 0 aromatic rings. The molecule has 0 amide bonds. The predicted octanol–water partition coefficient (Wildman–Crippen LogP) is 13.3. The zero-order chi connectivity index (χ0) is 31.5. The van der Waals surface area contributed by atoms with Crippen LogP contribution < -0.4 is 0 Å². The van der Waals surface area contributed by atoms with Gasteiger partial charge < -0.3 is 9.84 Å². The molecule has 0 spiro atoms. The van der Waals surface area contributed by atoms with Crippen LogP contribution in [0.4, 0.5) is 0 Å². The van der Waals surface area contributed by atoms with Crippen LogP contribution in [0.15, 0.2) is 0 Å². The average molecular weight is 609 g/mol. The van der Waals surface area contributed by atoms with Crippen LogP contribution in [0.3, 0.4) is 0 Å². The lowest BCUT2D eigenvalue weighted by atomic mass is 10.0. The number of ether oxygens (including phenoxy) is 1. The first-order valence-electron chi connectivity index (χ1n) is 19.5. The van der Waals surface area contributed by atoms with Crippen molar-refractivity contribution in [2.45, 2.75) is 238 Å². The van der Waals surface area contributed by atoms with E-state index in [9.17, 15) is 9.59 Å². The highest BCUT2D eigenvalue weighted by Crippen LogP contribution is 2.19. The largest absolute Gasteiger partial charge is 0.481 e. The van der Waals surface area contributed by atoms with E-state index in [4.69, 9.17) is 9.84 Å². The van der Waals surface area contributed by atoms with Crippen molar-refractivity contribution < 1.29 is 19.4 Å². The molecule has 4 heteroatoms. The molecule has 1 unspecified atom stereocenters. The third kappa shape index (κ3) is 35.3. The second kappa shape index (κ2) is 35.4. The highest BCUT2D eigenvalue weighted by molar-refractivity contribution is 5.69. The summed E-state index contributed by atoms with van der Waals surface area (Å²) in [6.45, 7) is 4.52. The van der Waals surface area contributed by atoms with Gasteiger partial charge in [0.2, 0.25) is 0 Å². The molecule has 1 atom stereocenters. The van der Waals surface area contributed by atoms with Gasteiger partial charge in [0.05, 0.1) is 0 Å². The van der Waals surface area contributed by atoms with E-state index in [1.54, 1.807) is 0 Å². The van der Waals surface area contributed by atoms with E-state index < -0.39 is 5.97 Å². The van der Waals surface area contributed by atoms with E-state index in [1.165, 1.54) is 148 Å². The molecule has 43 heavy (non-hydrogen) atoms. The number of carbonyl (C=O) groups excluding carboxylic acids is 1. The van der Waals surface area contributed by atoms with Gasteiger partial charge in [-0.05, 0) is 38.5 Å². The predicted molar refractivity (Wildman–Crippen MR) is 186 cm³/mol. The van der Waals surface area contributed by atoms with Gasteiger partial charge in [-0.15, -0.1) is 0 Å². The lowest BCUT2D eigenvalue weighted by Gasteiger charge is -2.18. The van der Waals surface area contributed by atoms with Gasteiger partial charge in [0.1, 0.15) is 6.10 Å². The SMILES string of the molecule is CCCCCCCCCCCCCCCCCCCCCCCC(=O)OC(CCCCCCC)CCCCCCC(=O)O. The highest BCUT2D eigenvalue weighted by atomic mass is 16.5. The molecule has 0 fully saturated rings. The number of rotatable bonds is 36. The summed E-state index contributed by atoms with van der Waals surface area (Å²) in [7, 11) is 0. The van der Waals surface area contributed by atoms with Crippen molar-refractivity contribution in [3.05, 3.63) is 0 Å². The van der Waals surface area contributed by atoms with Gasteiger partial charge in [0.25, 0.3) is 0 Å². The number of carboxylic acids is 1. The first kappa shape index (κ1) is 41.9. The van der Waals surface area contributed by atoms with E-state index in [2.05, 4.69) is 13.8 Å². The molecule has 256 valence electrons. The fraction of sp³-hybridized carbons (Fsp3) is 0.949. The zero-order valence-corrected chi connectivity index (χ0v) is 29.3. The molecule has 0 aliphatic carbocycles. The molecule has 0 saturated carbocycles. The van der Waals surface area contributed by atoms with Gasteiger partial charge in [-0.1, -0.05) is 181 Å². The Labute approximate surface area is 269 Å². The Bertz CT molecular complexity index is 576. The van der Waals surface area contributed by atoms with Crippen LogP contribution in [-0.4, -0.2) is 23.1 Å². The first-order valence-corrected chi connectivity index (χ1v) is 19.5. The molecule has 0 heterocycles. The van der Waals surface area contributed by atoms with E-state index >= 15 is 0 Å². The quantitative estimate of drug-likeness (QED) is 0.0567. The maximum atomic E-state index is 12.5. The summed E-state index contributed by atoms with van der Waals surface area (Å²) >= 11 is 0. The second-order valence-electron chi connectivity index (χ2n) is 13.5. The lowest BCUT2D eigenvalue weighted by Crippen LogP contribution is -2.18. The Hall–Kier alpha value is -1.06. The molecule has 0 bridgehead atoms. The monoisotopic (exact) mass is 609 g/mol. The number of hydrogen-bond acceptors (Lipinski definition) is 3. The third-order valence-corrected chi connectivity index (χ3v) is 9.08. The van der Waals surface area contributed by atoms with Crippen LogP contribution in [-0.2, 0) is 14.3 Å². The van der Waals surface area contributed by atoms with E-state index in [0.717, 1.165) is 57.8 Å². The fourth-order valence-electron chi connectivity index (χ4n) is 6.19. The number of carbonyl (C=O) groups is 2. The average Bonchev–Trinajstić information content (AvgIpc) is 2.99. The van der Waals surface area contributed by atoms with Crippen LogP contribution in [0.5, 0.6) is 0 Å². The van der Waals surface area contributed by atoms with Crippen molar-refractivity contribution >= 4 is 11.9 Å². The normalized spacial score (nSPS) is 12.0. The summed E-state index contributed by atoms with van der Waals surface area (Å²) in [5, 5.41) is 8.79. The smallest absolute Gasteiger partial charge is 0.306 e. The number of esters is 1. The molecular weight excluding hydrogens is 532 g/mol. The van der Waals surface area contributed by atoms with E-state index in [1.807, 2.05) is 0 Å². The highest BCUT2D eigenvalue weighted by Gasteiger charge is 2.14. The maximum absolute atomic E-state index is 12.5. The summed E-state index contributed by atoms with van der Waals surface area (Å²) in [5.41, 5.74) is 0. The first-order chi connectivity index (χ1) is 21.1. The van der Waals surface area contributed by atoms with E-state index in [-0.39, 0.29) is 18.5 Å². The molecule has 0 aromatic carbocycles. The van der Waals surface area contributed by atoms with Crippen molar-refractivity contribution in [1.29, 1.82) is 0 Å². The van der Waals surface area contributed by atoms with Gasteiger partial charge in [0, 0.05) is 12.8 Å². The maximum Gasteiger partial charge on any atom is 0.306 e. The molecule has 0 rings (SSSR count). The Morgan fingerprint density at radius 3 is 1.02 bits per heavy atom. The third-order valence-electron chi connectivity index (χ3n) is 9.08. The van der Waals surface area contributed by atoms with Gasteiger partial charge in [-0.3, -0.25) is 9.59 Å². The molecular formula is C39H76O4. The molecule has 4 nitrogen and oxygen atoms in total. The minimum atomic E-state index is -0.709. The minimum absolute atomic E-state index is 0.0118. The molecule has 0 saturated heterocycles. The van der Waals surface area contributed by atoms with Crippen molar-refractivity contribution in [1.82, 2.24) is 0 Å². The molecule has 0 aromatic heterocycles. The Morgan fingerprint density at radius 1 is 0.419 bits per heavy atom. The molecule has 0 aliphatic heterocycles. The second-order valence-corrected chi connectivity index (χ2v) is 13.5. The van der Waals surface area contributed by atoms with Crippen LogP contribution in [0.2, 0.25) is 0 Å². The summed E-state index contributed by atoms with van der Waals surface area (Å²) in [6.07, 6.45) is 41.5. The zero-order valence-electron chi connectivity index (χ0n) is 29.3. The standard InChI is InChI=1S/C39H76O4/c1-3-5-7-9-10-11-12-13-14-15-16-17-18-19-20-21-22-23-24-26-32-36-39(42)43-37(33-29-25-8-6-4-2)34-30-27-28-31-35-38(40)41/h37H,3-36H2,1-2H3,(H,40,41). The van der Waals surface area contributed by atoms with Crippen LogP contribution >= 0.6 is 0 Å². The van der Waals surface area contributed by atoms with Gasteiger partial charge in [-0.2, -0.15) is 0 Å². The Balaban J connectivity index is 3.63. The summed E-state index contributed by atoms with van der Waals surface area (Å²) in [4.78, 5) is 23.2. The van der Waals surface area contributed by atoms with Gasteiger partial charge in [-0.25, -0.2) is 0 Å².